The first-order chi connectivity index (χ1) is 8.56. The van der Waals surface area contributed by atoms with Crippen molar-refractivity contribution in [1.82, 2.24) is 4.98 Å². The lowest BCUT2D eigenvalue weighted by molar-refractivity contribution is 0.0692. The maximum absolute atomic E-state index is 11.1. The van der Waals surface area contributed by atoms with E-state index in [1.807, 2.05) is 31.2 Å². The summed E-state index contributed by atoms with van der Waals surface area (Å²) in [5.74, 6) is -0.958. The number of hydrogen-bond acceptors (Lipinski definition) is 3. The minimum atomic E-state index is -0.958. The molecule has 0 atom stereocenters. The molecule has 0 saturated carbocycles. The number of rotatable bonds is 3. The second kappa shape index (κ2) is 5.54. The highest BCUT2D eigenvalue weighted by Crippen LogP contribution is 2.30. The van der Waals surface area contributed by atoms with Crippen LogP contribution in [0.1, 0.15) is 16.1 Å². The van der Waals surface area contributed by atoms with Gasteiger partial charge in [-0.3, -0.25) is 0 Å². The Balaban J connectivity index is 2.39. The van der Waals surface area contributed by atoms with Gasteiger partial charge in [0, 0.05) is 15.1 Å². The Morgan fingerprint density at radius 3 is 2.78 bits per heavy atom. The van der Waals surface area contributed by atoms with Crippen molar-refractivity contribution < 1.29 is 9.90 Å². The molecule has 18 heavy (non-hydrogen) atoms. The fraction of sp³-hybridized carbons (Fsp3) is 0.0769. The van der Waals surface area contributed by atoms with E-state index in [1.54, 1.807) is 12.1 Å². The summed E-state index contributed by atoms with van der Waals surface area (Å²) in [5.41, 5.74) is 1.03. The monoisotopic (exact) mass is 323 g/mol. The van der Waals surface area contributed by atoms with Crippen molar-refractivity contribution in [2.45, 2.75) is 16.8 Å². The number of halogens is 1. The predicted octanol–water partition coefficient (Wildman–Crippen LogP) is 4.00. The van der Waals surface area contributed by atoms with E-state index in [1.165, 1.54) is 11.8 Å². The summed E-state index contributed by atoms with van der Waals surface area (Å²) in [6.07, 6.45) is 0. The van der Waals surface area contributed by atoms with Gasteiger partial charge in [0.05, 0.1) is 5.56 Å². The van der Waals surface area contributed by atoms with Crippen molar-refractivity contribution in [1.29, 1.82) is 0 Å². The molecular formula is C13H10BrNO2S. The zero-order valence-electron chi connectivity index (χ0n) is 9.55. The normalized spacial score (nSPS) is 10.3. The third-order valence-electron chi connectivity index (χ3n) is 2.24. The molecule has 2 aromatic rings. The molecular weight excluding hydrogens is 314 g/mol. The summed E-state index contributed by atoms with van der Waals surface area (Å²) in [6.45, 7) is 1.84. The summed E-state index contributed by atoms with van der Waals surface area (Å²) in [6, 6.07) is 11.0. The van der Waals surface area contributed by atoms with E-state index >= 15 is 0 Å². The second-order valence-corrected chi connectivity index (χ2v) is 5.65. The van der Waals surface area contributed by atoms with Crippen LogP contribution in [0.5, 0.6) is 0 Å². The number of benzene rings is 1. The molecule has 0 bridgehead atoms. The maximum Gasteiger partial charge on any atom is 0.338 e. The smallest absolute Gasteiger partial charge is 0.338 e. The molecule has 0 spiro atoms. The first-order valence-electron chi connectivity index (χ1n) is 5.20. The number of pyridine rings is 1. The molecule has 0 amide bonds. The first-order valence-corrected chi connectivity index (χ1v) is 6.81. The van der Waals surface area contributed by atoms with Crippen molar-refractivity contribution in [3.8, 4) is 0 Å². The number of carboxylic acid groups (broad SMARTS) is 1. The molecule has 3 nitrogen and oxygen atoms in total. The van der Waals surface area contributed by atoms with E-state index < -0.39 is 5.97 Å². The fourth-order valence-electron chi connectivity index (χ4n) is 1.42. The van der Waals surface area contributed by atoms with Crippen LogP contribution in [0, 0.1) is 6.92 Å². The van der Waals surface area contributed by atoms with Crippen LogP contribution in [0.2, 0.25) is 0 Å². The number of aryl methyl sites for hydroxylation is 1. The van der Waals surface area contributed by atoms with Gasteiger partial charge in [-0.05, 0) is 37.3 Å². The summed E-state index contributed by atoms with van der Waals surface area (Å²) in [5, 5.41) is 9.64. The van der Waals surface area contributed by atoms with E-state index in [4.69, 9.17) is 5.11 Å². The van der Waals surface area contributed by atoms with E-state index in [2.05, 4.69) is 20.9 Å². The molecule has 1 aromatic heterocycles. The molecule has 0 aliphatic carbocycles. The third-order valence-corrected chi connectivity index (χ3v) is 3.73. The van der Waals surface area contributed by atoms with Crippen molar-refractivity contribution in [3.05, 3.63) is 52.1 Å². The first kappa shape index (κ1) is 13.1. The number of aromatic nitrogens is 1. The van der Waals surface area contributed by atoms with Crippen LogP contribution in [0.15, 0.2) is 50.8 Å². The molecule has 0 unspecified atom stereocenters. The molecule has 0 aliphatic heterocycles. The Labute approximate surface area is 117 Å². The molecule has 0 aliphatic rings. The van der Waals surface area contributed by atoms with Gasteiger partial charge in [0.1, 0.15) is 5.03 Å². The Hall–Kier alpha value is -1.33. The Kier molecular flexibility index (Phi) is 4.04. The SMILES string of the molecule is Cc1ccc(C(=O)O)c(Sc2cccc(Br)c2)n1. The molecule has 1 aromatic carbocycles. The summed E-state index contributed by atoms with van der Waals surface area (Å²) in [4.78, 5) is 16.4. The van der Waals surface area contributed by atoms with Gasteiger partial charge in [-0.1, -0.05) is 33.8 Å². The van der Waals surface area contributed by atoms with Crippen LogP contribution in [-0.2, 0) is 0 Å². The van der Waals surface area contributed by atoms with Gasteiger partial charge in [-0.25, -0.2) is 9.78 Å². The molecule has 5 heteroatoms. The van der Waals surface area contributed by atoms with Gasteiger partial charge in [0.25, 0.3) is 0 Å². The Morgan fingerprint density at radius 1 is 1.33 bits per heavy atom. The molecule has 0 saturated heterocycles. The summed E-state index contributed by atoms with van der Waals surface area (Å²) < 4.78 is 0.956. The van der Waals surface area contributed by atoms with Crippen molar-refractivity contribution in [2.75, 3.05) is 0 Å². The largest absolute Gasteiger partial charge is 0.478 e. The molecule has 1 N–H and O–H groups in total. The summed E-state index contributed by atoms with van der Waals surface area (Å²) >= 11 is 4.74. The van der Waals surface area contributed by atoms with Crippen LogP contribution < -0.4 is 0 Å². The fourth-order valence-corrected chi connectivity index (χ4v) is 2.98. The topological polar surface area (TPSA) is 50.2 Å². The number of aromatic carboxylic acids is 1. The van der Waals surface area contributed by atoms with Gasteiger partial charge in [0.2, 0.25) is 0 Å². The number of hydrogen-bond donors (Lipinski definition) is 1. The van der Waals surface area contributed by atoms with Crippen molar-refractivity contribution >= 4 is 33.7 Å². The quantitative estimate of drug-likeness (QED) is 0.927. The minimum Gasteiger partial charge on any atom is -0.478 e. The lowest BCUT2D eigenvalue weighted by atomic mass is 10.2. The van der Waals surface area contributed by atoms with Gasteiger partial charge < -0.3 is 5.11 Å². The molecule has 92 valence electrons. The Morgan fingerprint density at radius 2 is 2.11 bits per heavy atom. The van der Waals surface area contributed by atoms with Gasteiger partial charge in [-0.2, -0.15) is 0 Å². The number of carboxylic acids is 1. The Bertz CT molecular complexity index is 601. The highest BCUT2D eigenvalue weighted by molar-refractivity contribution is 9.10. The average Bonchev–Trinajstić information content (AvgIpc) is 2.28. The van der Waals surface area contributed by atoms with Crippen LogP contribution in [-0.4, -0.2) is 16.1 Å². The molecule has 1 heterocycles. The molecule has 2 rings (SSSR count). The van der Waals surface area contributed by atoms with Crippen LogP contribution >= 0.6 is 27.7 Å². The number of nitrogens with zero attached hydrogens (tertiary/aromatic N) is 1. The lowest BCUT2D eigenvalue weighted by Gasteiger charge is -2.06. The van der Waals surface area contributed by atoms with Crippen LogP contribution in [0.3, 0.4) is 0 Å². The predicted molar refractivity (Wildman–Crippen MR) is 74.2 cm³/mol. The third kappa shape index (κ3) is 3.11. The minimum absolute atomic E-state index is 0.227. The van der Waals surface area contributed by atoms with E-state index in [9.17, 15) is 4.79 Å². The van der Waals surface area contributed by atoms with Crippen LogP contribution in [0.25, 0.3) is 0 Å². The van der Waals surface area contributed by atoms with Crippen LogP contribution in [0.4, 0.5) is 0 Å². The van der Waals surface area contributed by atoms with E-state index in [0.717, 1.165) is 15.1 Å². The highest BCUT2D eigenvalue weighted by Gasteiger charge is 2.12. The molecule has 0 radical (unpaired) electrons. The van der Waals surface area contributed by atoms with Gasteiger partial charge in [0.15, 0.2) is 0 Å². The highest BCUT2D eigenvalue weighted by atomic mass is 79.9. The maximum atomic E-state index is 11.1. The second-order valence-electron chi connectivity index (χ2n) is 3.67. The van der Waals surface area contributed by atoms with Crippen molar-refractivity contribution in [3.63, 3.8) is 0 Å². The van der Waals surface area contributed by atoms with Crippen molar-refractivity contribution in [2.24, 2.45) is 0 Å². The number of carbonyl (C=O) groups is 1. The lowest BCUT2D eigenvalue weighted by Crippen LogP contribution is -2.01. The van der Waals surface area contributed by atoms with Gasteiger partial charge in [-0.15, -0.1) is 0 Å². The van der Waals surface area contributed by atoms with E-state index in [-0.39, 0.29) is 5.56 Å². The summed E-state index contributed by atoms with van der Waals surface area (Å²) in [7, 11) is 0. The standard InChI is InChI=1S/C13H10BrNO2S/c1-8-5-6-11(13(16)17)12(15-8)18-10-4-2-3-9(14)7-10/h2-7H,1H3,(H,16,17). The average molecular weight is 324 g/mol. The van der Waals surface area contributed by atoms with Gasteiger partial charge >= 0.3 is 5.97 Å². The molecule has 0 fully saturated rings. The van der Waals surface area contributed by atoms with E-state index in [0.29, 0.717) is 5.03 Å². The zero-order chi connectivity index (χ0) is 13.1. The zero-order valence-corrected chi connectivity index (χ0v) is 12.0.